The van der Waals surface area contributed by atoms with Crippen molar-refractivity contribution in [2.45, 2.75) is 24.9 Å². The fourth-order valence-electron chi connectivity index (χ4n) is 2.13. The second kappa shape index (κ2) is 3.94. The van der Waals surface area contributed by atoms with Crippen molar-refractivity contribution in [3.63, 3.8) is 0 Å². The van der Waals surface area contributed by atoms with Crippen molar-refractivity contribution in [3.8, 4) is 0 Å². The lowest BCUT2D eigenvalue weighted by atomic mass is 10.0. The standard InChI is InChI=1S/C10H17N3/c1-11-10(8-4-6-12-7-8)9-3-2-5-13-9/h4,6-7,9-13H,2-3,5H2,1H3. The largest absolute Gasteiger partial charge is 0.367 e. The highest BCUT2D eigenvalue weighted by Gasteiger charge is 2.24. The molecular weight excluding hydrogens is 162 g/mol. The maximum absolute atomic E-state index is 3.52. The van der Waals surface area contributed by atoms with Crippen LogP contribution in [0.4, 0.5) is 0 Å². The number of hydrogen-bond donors (Lipinski definition) is 3. The third kappa shape index (κ3) is 1.76. The molecule has 1 aromatic heterocycles. The highest BCUT2D eigenvalue weighted by atomic mass is 15.0. The number of aromatic amines is 1. The summed E-state index contributed by atoms with van der Waals surface area (Å²) in [6.07, 6.45) is 6.62. The lowest BCUT2D eigenvalue weighted by molar-refractivity contribution is 0.441. The van der Waals surface area contributed by atoms with Crippen molar-refractivity contribution in [3.05, 3.63) is 24.0 Å². The summed E-state index contributed by atoms with van der Waals surface area (Å²) in [4.78, 5) is 3.10. The molecule has 1 fully saturated rings. The van der Waals surface area contributed by atoms with Gasteiger partial charge in [-0.05, 0) is 38.1 Å². The fourth-order valence-corrected chi connectivity index (χ4v) is 2.13. The molecule has 13 heavy (non-hydrogen) atoms. The van der Waals surface area contributed by atoms with Crippen LogP contribution in [0.5, 0.6) is 0 Å². The van der Waals surface area contributed by atoms with E-state index in [1.54, 1.807) is 0 Å². The van der Waals surface area contributed by atoms with Gasteiger partial charge in [-0.15, -0.1) is 0 Å². The fraction of sp³-hybridized carbons (Fsp3) is 0.600. The number of hydrogen-bond acceptors (Lipinski definition) is 2. The Morgan fingerprint density at radius 1 is 1.62 bits per heavy atom. The molecule has 3 N–H and O–H groups in total. The Kier molecular flexibility index (Phi) is 2.66. The first kappa shape index (κ1) is 8.78. The van der Waals surface area contributed by atoms with Gasteiger partial charge in [0.2, 0.25) is 0 Å². The first-order valence-corrected chi connectivity index (χ1v) is 4.95. The van der Waals surface area contributed by atoms with Crippen LogP contribution >= 0.6 is 0 Å². The van der Waals surface area contributed by atoms with Crippen molar-refractivity contribution < 1.29 is 0 Å². The minimum Gasteiger partial charge on any atom is -0.367 e. The van der Waals surface area contributed by atoms with Crippen LogP contribution in [0, 0.1) is 0 Å². The van der Waals surface area contributed by atoms with E-state index in [0.29, 0.717) is 12.1 Å². The van der Waals surface area contributed by atoms with Crippen LogP contribution < -0.4 is 10.6 Å². The van der Waals surface area contributed by atoms with Crippen molar-refractivity contribution in [2.75, 3.05) is 13.6 Å². The second-order valence-electron chi connectivity index (χ2n) is 3.61. The highest BCUT2D eigenvalue weighted by Crippen LogP contribution is 2.21. The minimum absolute atomic E-state index is 0.453. The molecule has 1 saturated heterocycles. The van der Waals surface area contributed by atoms with Gasteiger partial charge in [0.05, 0.1) is 0 Å². The summed E-state index contributed by atoms with van der Waals surface area (Å²) in [6.45, 7) is 1.16. The Bertz CT molecular complexity index is 237. The Balaban J connectivity index is 2.08. The zero-order chi connectivity index (χ0) is 9.10. The Morgan fingerprint density at radius 2 is 2.54 bits per heavy atom. The van der Waals surface area contributed by atoms with Crippen LogP contribution in [0.2, 0.25) is 0 Å². The number of likely N-dealkylation sites (N-methyl/N-ethyl adjacent to an activating group) is 1. The molecule has 1 aliphatic heterocycles. The second-order valence-corrected chi connectivity index (χ2v) is 3.61. The van der Waals surface area contributed by atoms with Crippen LogP contribution in [0.15, 0.2) is 18.5 Å². The van der Waals surface area contributed by atoms with Gasteiger partial charge in [0.15, 0.2) is 0 Å². The van der Waals surface area contributed by atoms with E-state index in [1.807, 2.05) is 13.2 Å². The summed E-state index contributed by atoms with van der Waals surface area (Å²) in [5.74, 6) is 0. The first-order chi connectivity index (χ1) is 6.42. The molecule has 1 aromatic rings. The molecule has 0 radical (unpaired) electrons. The molecule has 0 saturated carbocycles. The van der Waals surface area contributed by atoms with Crippen LogP contribution in [-0.4, -0.2) is 24.6 Å². The van der Waals surface area contributed by atoms with Gasteiger partial charge in [-0.1, -0.05) is 0 Å². The molecule has 2 heterocycles. The van der Waals surface area contributed by atoms with Gasteiger partial charge in [0, 0.05) is 24.5 Å². The predicted molar refractivity (Wildman–Crippen MR) is 53.6 cm³/mol. The predicted octanol–water partition coefficient (Wildman–Crippen LogP) is 1.03. The van der Waals surface area contributed by atoms with E-state index in [4.69, 9.17) is 0 Å². The topological polar surface area (TPSA) is 39.9 Å². The van der Waals surface area contributed by atoms with Gasteiger partial charge >= 0.3 is 0 Å². The molecule has 2 rings (SSSR count). The van der Waals surface area contributed by atoms with Gasteiger partial charge in [0.1, 0.15) is 0 Å². The van der Waals surface area contributed by atoms with Crippen molar-refractivity contribution >= 4 is 0 Å². The Labute approximate surface area is 78.9 Å². The van der Waals surface area contributed by atoms with Crippen LogP contribution in [-0.2, 0) is 0 Å². The summed E-state index contributed by atoms with van der Waals surface area (Å²) in [5, 5.41) is 6.88. The number of aromatic nitrogens is 1. The van der Waals surface area contributed by atoms with Crippen LogP contribution in [0.25, 0.3) is 0 Å². The molecule has 0 spiro atoms. The molecule has 72 valence electrons. The maximum atomic E-state index is 3.52. The quantitative estimate of drug-likeness (QED) is 0.648. The molecule has 0 aromatic carbocycles. The molecule has 3 heteroatoms. The Hall–Kier alpha value is -0.800. The average molecular weight is 179 g/mol. The molecular formula is C10H17N3. The summed E-state index contributed by atoms with van der Waals surface area (Å²) in [5.41, 5.74) is 1.35. The van der Waals surface area contributed by atoms with E-state index in [-0.39, 0.29) is 0 Å². The van der Waals surface area contributed by atoms with E-state index >= 15 is 0 Å². The number of rotatable bonds is 3. The minimum atomic E-state index is 0.453. The number of nitrogens with one attached hydrogen (secondary N) is 3. The highest BCUT2D eigenvalue weighted by molar-refractivity contribution is 5.16. The summed E-state index contributed by atoms with van der Waals surface area (Å²) >= 11 is 0. The van der Waals surface area contributed by atoms with Crippen LogP contribution in [0.3, 0.4) is 0 Å². The van der Waals surface area contributed by atoms with E-state index in [9.17, 15) is 0 Å². The monoisotopic (exact) mass is 179 g/mol. The number of H-pyrrole nitrogens is 1. The van der Waals surface area contributed by atoms with Gasteiger partial charge in [-0.25, -0.2) is 0 Å². The lowest BCUT2D eigenvalue weighted by Gasteiger charge is -2.22. The molecule has 2 atom stereocenters. The summed E-state index contributed by atoms with van der Waals surface area (Å²) in [7, 11) is 2.03. The molecule has 0 bridgehead atoms. The molecule has 1 aliphatic rings. The van der Waals surface area contributed by atoms with E-state index in [2.05, 4.69) is 27.9 Å². The van der Waals surface area contributed by atoms with Crippen LogP contribution in [0.1, 0.15) is 24.4 Å². The van der Waals surface area contributed by atoms with Gasteiger partial charge in [0.25, 0.3) is 0 Å². The van der Waals surface area contributed by atoms with Gasteiger partial charge < -0.3 is 15.6 Å². The van der Waals surface area contributed by atoms with Gasteiger partial charge in [-0.2, -0.15) is 0 Å². The lowest BCUT2D eigenvalue weighted by Crippen LogP contribution is -2.35. The van der Waals surface area contributed by atoms with E-state index in [1.165, 1.54) is 18.4 Å². The van der Waals surface area contributed by atoms with E-state index < -0.39 is 0 Å². The van der Waals surface area contributed by atoms with Crippen molar-refractivity contribution in [2.24, 2.45) is 0 Å². The third-order valence-electron chi connectivity index (χ3n) is 2.79. The first-order valence-electron chi connectivity index (χ1n) is 4.95. The molecule has 0 aliphatic carbocycles. The molecule has 3 nitrogen and oxygen atoms in total. The average Bonchev–Trinajstić information content (AvgIpc) is 2.76. The molecule has 2 unspecified atom stereocenters. The van der Waals surface area contributed by atoms with Crippen molar-refractivity contribution in [1.29, 1.82) is 0 Å². The Morgan fingerprint density at radius 3 is 3.08 bits per heavy atom. The summed E-state index contributed by atoms with van der Waals surface area (Å²) in [6, 6.07) is 3.19. The SMILES string of the molecule is CNC(c1cc[nH]c1)C1CCCN1. The van der Waals surface area contributed by atoms with E-state index in [0.717, 1.165) is 6.54 Å². The molecule has 0 amide bonds. The smallest absolute Gasteiger partial charge is 0.0488 e. The van der Waals surface area contributed by atoms with Crippen molar-refractivity contribution in [1.82, 2.24) is 15.6 Å². The zero-order valence-electron chi connectivity index (χ0n) is 8.01. The summed E-state index contributed by atoms with van der Waals surface area (Å²) < 4.78 is 0. The van der Waals surface area contributed by atoms with Gasteiger partial charge in [-0.3, -0.25) is 0 Å². The zero-order valence-corrected chi connectivity index (χ0v) is 8.01. The normalized spacial score (nSPS) is 24.8. The maximum Gasteiger partial charge on any atom is 0.0488 e. The third-order valence-corrected chi connectivity index (χ3v) is 2.79.